The van der Waals surface area contributed by atoms with Gasteiger partial charge in [-0.15, -0.1) is 0 Å². The molecule has 2 aliphatic rings. The fraction of sp³-hybridized carbons (Fsp3) is 0.417. The van der Waals surface area contributed by atoms with E-state index in [1.54, 1.807) is 4.90 Å². The molecule has 2 heterocycles. The number of ether oxygens (including phenoxy) is 2. The first-order valence-corrected chi connectivity index (χ1v) is 11.5. The highest BCUT2D eigenvalue weighted by molar-refractivity contribution is 9.10. The zero-order chi connectivity index (χ0) is 21.8. The normalized spacial score (nSPS) is 20.5. The number of nitrogens with zero attached hydrogens (tertiary/aromatic N) is 1. The number of carbonyl (C=O) groups is 2. The highest BCUT2D eigenvalue weighted by Gasteiger charge is 2.41. The Kier molecular flexibility index (Phi) is 6.62. The number of hydrogen-bond acceptors (Lipinski definition) is 4. The molecule has 2 aromatic carbocycles. The Morgan fingerprint density at radius 1 is 1.23 bits per heavy atom. The minimum atomic E-state index is -0.487. The Hall–Kier alpha value is -2.38. The predicted octanol–water partition coefficient (Wildman–Crippen LogP) is 4.02. The van der Waals surface area contributed by atoms with Crippen molar-refractivity contribution in [2.75, 3.05) is 31.3 Å². The van der Waals surface area contributed by atoms with Crippen molar-refractivity contribution in [3.05, 3.63) is 58.6 Å². The van der Waals surface area contributed by atoms with E-state index in [4.69, 9.17) is 9.47 Å². The summed E-state index contributed by atoms with van der Waals surface area (Å²) in [5.74, 6) is 0.103. The Bertz CT molecular complexity index is 958. The van der Waals surface area contributed by atoms with E-state index in [9.17, 15) is 9.59 Å². The lowest BCUT2D eigenvalue weighted by atomic mass is 9.82. The number of para-hydroxylation sites is 2. The summed E-state index contributed by atoms with van der Waals surface area (Å²) in [7, 11) is 0. The molecular weight excluding hydrogens is 460 g/mol. The number of anilines is 1. The molecule has 2 aromatic rings. The second-order valence-electron chi connectivity index (χ2n) is 8.00. The molecule has 4 rings (SSSR count). The van der Waals surface area contributed by atoms with E-state index in [1.807, 2.05) is 49.4 Å². The Morgan fingerprint density at radius 3 is 2.74 bits per heavy atom. The maximum absolute atomic E-state index is 13.3. The van der Waals surface area contributed by atoms with Gasteiger partial charge in [0.2, 0.25) is 11.8 Å². The molecule has 2 fully saturated rings. The van der Waals surface area contributed by atoms with E-state index in [2.05, 4.69) is 27.3 Å². The molecule has 0 spiro atoms. The van der Waals surface area contributed by atoms with Gasteiger partial charge in [0.1, 0.15) is 5.75 Å². The van der Waals surface area contributed by atoms with Crippen LogP contribution in [0.25, 0.3) is 0 Å². The van der Waals surface area contributed by atoms with Crippen LogP contribution in [0.1, 0.15) is 31.7 Å². The van der Waals surface area contributed by atoms with Crippen molar-refractivity contribution in [3.63, 3.8) is 0 Å². The summed E-state index contributed by atoms with van der Waals surface area (Å²) in [6.07, 6.45) is 1.59. The van der Waals surface area contributed by atoms with Gasteiger partial charge in [0.05, 0.1) is 23.8 Å². The molecule has 164 valence electrons. The van der Waals surface area contributed by atoms with Gasteiger partial charge in [-0.25, -0.2) is 0 Å². The maximum atomic E-state index is 13.3. The third kappa shape index (κ3) is 4.62. The van der Waals surface area contributed by atoms with Gasteiger partial charge in [0.25, 0.3) is 0 Å². The van der Waals surface area contributed by atoms with E-state index in [-0.39, 0.29) is 18.2 Å². The second-order valence-corrected chi connectivity index (χ2v) is 8.92. The lowest BCUT2D eigenvalue weighted by Gasteiger charge is -2.39. The highest BCUT2D eigenvalue weighted by atomic mass is 79.9. The summed E-state index contributed by atoms with van der Waals surface area (Å²) >= 11 is 3.54. The van der Waals surface area contributed by atoms with Gasteiger partial charge in [-0.2, -0.15) is 0 Å². The average Bonchev–Trinajstić information content (AvgIpc) is 3.17. The first-order valence-electron chi connectivity index (χ1n) is 10.7. The minimum absolute atomic E-state index is 0.0595. The van der Waals surface area contributed by atoms with E-state index in [1.165, 1.54) is 0 Å². The summed E-state index contributed by atoms with van der Waals surface area (Å²) in [5, 5.41) is 3.30. The van der Waals surface area contributed by atoms with Crippen LogP contribution < -0.4 is 15.0 Å². The standard InChI is InChI=1S/C24H27BrN2O4/c1-2-31-21-9-4-3-8-20(21)27-16-17(14-22(27)28)23(29)26-24(10-12-30-13-11-24)18-6-5-7-19(25)15-18/h3-9,15,17H,2,10-14,16H2,1H3,(H,26,29). The fourth-order valence-electron chi connectivity index (χ4n) is 4.40. The van der Waals surface area contributed by atoms with Gasteiger partial charge in [-0.1, -0.05) is 40.2 Å². The van der Waals surface area contributed by atoms with Crippen molar-refractivity contribution in [2.24, 2.45) is 5.92 Å². The lowest BCUT2D eigenvalue weighted by Crippen LogP contribution is -2.51. The molecule has 2 saturated heterocycles. The molecule has 7 heteroatoms. The SMILES string of the molecule is CCOc1ccccc1N1CC(C(=O)NC2(c3cccc(Br)c3)CCOCC2)CC1=O. The van der Waals surface area contributed by atoms with Crippen molar-refractivity contribution in [2.45, 2.75) is 31.7 Å². The molecule has 2 aliphatic heterocycles. The molecule has 31 heavy (non-hydrogen) atoms. The first kappa shape index (κ1) is 21.8. The minimum Gasteiger partial charge on any atom is -0.492 e. The predicted molar refractivity (Wildman–Crippen MR) is 122 cm³/mol. The van der Waals surface area contributed by atoms with Gasteiger partial charge in [0.15, 0.2) is 0 Å². The average molecular weight is 487 g/mol. The molecule has 1 unspecified atom stereocenters. The number of amides is 2. The second kappa shape index (κ2) is 9.40. The summed E-state index contributed by atoms with van der Waals surface area (Å²) < 4.78 is 12.2. The van der Waals surface area contributed by atoms with E-state index in [0.29, 0.717) is 45.0 Å². The van der Waals surface area contributed by atoms with E-state index >= 15 is 0 Å². The van der Waals surface area contributed by atoms with Crippen molar-refractivity contribution in [1.29, 1.82) is 0 Å². The van der Waals surface area contributed by atoms with E-state index in [0.717, 1.165) is 15.7 Å². The Morgan fingerprint density at radius 2 is 2.00 bits per heavy atom. The molecule has 0 radical (unpaired) electrons. The van der Waals surface area contributed by atoms with Crippen LogP contribution in [0.4, 0.5) is 5.69 Å². The molecule has 1 N–H and O–H groups in total. The quantitative estimate of drug-likeness (QED) is 0.669. The summed E-state index contributed by atoms with van der Waals surface area (Å²) in [5.41, 5.74) is 1.29. The lowest BCUT2D eigenvalue weighted by molar-refractivity contribution is -0.129. The van der Waals surface area contributed by atoms with Crippen LogP contribution in [0.2, 0.25) is 0 Å². The largest absolute Gasteiger partial charge is 0.492 e. The monoisotopic (exact) mass is 486 g/mol. The molecule has 1 atom stereocenters. The summed E-state index contributed by atoms with van der Waals surface area (Å²) in [4.78, 5) is 27.8. The number of nitrogens with one attached hydrogen (secondary N) is 1. The summed E-state index contributed by atoms with van der Waals surface area (Å²) in [6.45, 7) is 3.95. The zero-order valence-electron chi connectivity index (χ0n) is 17.6. The first-order chi connectivity index (χ1) is 15.0. The van der Waals surface area contributed by atoms with Crippen molar-refractivity contribution in [3.8, 4) is 5.75 Å². The number of rotatable bonds is 6. The van der Waals surface area contributed by atoms with Crippen molar-refractivity contribution >= 4 is 33.4 Å². The van der Waals surface area contributed by atoms with Crippen molar-refractivity contribution in [1.82, 2.24) is 5.32 Å². The van der Waals surface area contributed by atoms with Crippen LogP contribution in [0.5, 0.6) is 5.75 Å². The third-order valence-corrected chi connectivity index (χ3v) is 6.53. The third-order valence-electron chi connectivity index (χ3n) is 6.04. The van der Waals surface area contributed by atoms with Gasteiger partial charge in [-0.05, 0) is 49.6 Å². The zero-order valence-corrected chi connectivity index (χ0v) is 19.2. The van der Waals surface area contributed by atoms with E-state index < -0.39 is 11.5 Å². The maximum Gasteiger partial charge on any atom is 0.227 e. The van der Waals surface area contributed by atoms with Crippen LogP contribution in [-0.2, 0) is 19.9 Å². The number of hydrogen-bond donors (Lipinski definition) is 1. The summed E-state index contributed by atoms with van der Waals surface area (Å²) in [6, 6.07) is 15.5. The van der Waals surface area contributed by atoms with Crippen LogP contribution in [-0.4, -0.2) is 38.2 Å². The van der Waals surface area contributed by atoms with Crippen LogP contribution in [0.15, 0.2) is 53.0 Å². The van der Waals surface area contributed by atoms with Gasteiger partial charge >= 0.3 is 0 Å². The molecule has 0 aromatic heterocycles. The van der Waals surface area contributed by atoms with Crippen molar-refractivity contribution < 1.29 is 19.1 Å². The van der Waals surface area contributed by atoms with Gasteiger partial charge < -0.3 is 19.7 Å². The molecule has 2 amide bonds. The van der Waals surface area contributed by atoms with Crippen LogP contribution in [0, 0.1) is 5.92 Å². The molecular formula is C24H27BrN2O4. The number of halogens is 1. The molecule has 0 aliphatic carbocycles. The highest BCUT2D eigenvalue weighted by Crippen LogP contribution is 2.36. The smallest absolute Gasteiger partial charge is 0.227 e. The molecule has 0 bridgehead atoms. The number of benzene rings is 2. The fourth-order valence-corrected chi connectivity index (χ4v) is 4.80. The Balaban J connectivity index is 1.54. The van der Waals surface area contributed by atoms with Crippen LogP contribution >= 0.6 is 15.9 Å². The number of carbonyl (C=O) groups excluding carboxylic acids is 2. The molecule has 0 saturated carbocycles. The van der Waals surface area contributed by atoms with Crippen LogP contribution in [0.3, 0.4) is 0 Å². The molecule has 6 nitrogen and oxygen atoms in total. The topological polar surface area (TPSA) is 67.9 Å². The van der Waals surface area contributed by atoms with Gasteiger partial charge in [-0.3, -0.25) is 9.59 Å². The van der Waals surface area contributed by atoms with Gasteiger partial charge in [0, 0.05) is 30.7 Å². The Labute approximate surface area is 191 Å².